The third kappa shape index (κ3) is 3.12. The Hall–Kier alpha value is -1.98. The van der Waals surface area contributed by atoms with Gasteiger partial charge in [0.2, 0.25) is 0 Å². The molecule has 1 N–H and O–H groups in total. The second-order valence-electron chi connectivity index (χ2n) is 4.39. The molecule has 0 saturated carbocycles. The molecule has 1 atom stereocenters. The summed E-state index contributed by atoms with van der Waals surface area (Å²) < 4.78 is 30.8. The first-order chi connectivity index (χ1) is 9.37. The van der Waals surface area contributed by atoms with E-state index in [1.54, 1.807) is 6.92 Å². The normalized spacial score (nSPS) is 13.6. The van der Waals surface area contributed by atoms with Crippen LogP contribution in [0.5, 0.6) is 0 Å². The molecule has 0 aromatic heterocycles. The molecule has 1 rings (SSSR count). The van der Waals surface area contributed by atoms with E-state index in [9.17, 15) is 23.5 Å². The molecule has 4 nitrogen and oxygen atoms in total. The molecule has 0 saturated heterocycles. The van der Waals surface area contributed by atoms with Gasteiger partial charge in [-0.25, -0.2) is 8.78 Å². The molecule has 0 aliphatic carbocycles. The summed E-state index contributed by atoms with van der Waals surface area (Å²) in [5, 5.41) is 9.34. The van der Waals surface area contributed by atoms with Gasteiger partial charge in [0.15, 0.2) is 17.0 Å². The van der Waals surface area contributed by atoms with Crippen LogP contribution in [-0.2, 0) is 20.7 Å². The van der Waals surface area contributed by atoms with Crippen LogP contribution < -0.4 is 0 Å². The summed E-state index contributed by atoms with van der Waals surface area (Å²) >= 11 is 0. The summed E-state index contributed by atoms with van der Waals surface area (Å²) in [5.74, 6) is -4.33. The summed E-state index contributed by atoms with van der Waals surface area (Å²) in [4.78, 5) is 23.4. The number of carbonyl (C=O) groups excluding carboxylic acids is 1. The summed E-state index contributed by atoms with van der Waals surface area (Å²) in [6, 6.07) is 3.05. The van der Waals surface area contributed by atoms with Crippen LogP contribution in [0.3, 0.4) is 0 Å². The van der Waals surface area contributed by atoms with Crippen LogP contribution in [0.1, 0.15) is 25.8 Å². The first kappa shape index (κ1) is 16.1. The number of aliphatic carboxylic acids is 1. The Morgan fingerprint density at radius 1 is 1.25 bits per heavy atom. The molecular formula is C14H16F2O4. The van der Waals surface area contributed by atoms with E-state index in [4.69, 9.17) is 4.74 Å². The predicted molar refractivity (Wildman–Crippen MR) is 67.1 cm³/mol. The molecule has 0 fully saturated rings. The fourth-order valence-corrected chi connectivity index (χ4v) is 1.92. The minimum Gasteiger partial charge on any atom is -0.480 e. The van der Waals surface area contributed by atoms with E-state index in [0.717, 1.165) is 12.1 Å². The van der Waals surface area contributed by atoms with Gasteiger partial charge in [-0.15, -0.1) is 0 Å². The number of ether oxygens (including phenoxy) is 1. The zero-order chi connectivity index (χ0) is 15.3. The third-order valence-corrected chi connectivity index (χ3v) is 3.17. The minimum absolute atomic E-state index is 0.0137. The molecule has 0 heterocycles. The quantitative estimate of drug-likeness (QED) is 0.645. The minimum atomic E-state index is -1.79. The lowest BCUT2D eigenvalue weighted by Crippen LogP contribution is -2.42. The van der Waals surface area contributed by atoms with Crippen molar-refractivity contribution in [1.29, 1.82) is 0 Å². The average Bonchev–Trinajstić information content (AvgIpc) is 2.40. The van der Waals surface area contributed by atoms with Gasteiger partial charge in [0, 0.05) is 0 Å². The van der Waals surface area contributed by atoms with E-state index < -0.39 is 29.0 Å². The maximum Gasteiger partial charge on any atom is 0.323 e. The van der Waals surface area contributed by atoms with Gasteiger partial charge in [-0.2, -0.15) is 0 Å². The highest BCUT2D eigenvalue weighted by molar-refractivity contribution is 5.99. The van der Waals surface area contributed by atoms with Gasteiger partial charge in [0.25, 0.3) is 0 Å². The summed E-state index contributed by atoms with van der Waals surface area (Å²) in [5.41, 5.74) is -1.57. The molecule has 0 aliphatic rings. The fourth-order valence-electron chi connectivity index (χ4n) is 1.92. The smallest absolute Gasteiger partial charge is 0.323 e. The van der Waals surface area contributed by atoms with Gasteiger partial charge < -0.3 is 9.84 Å². The molecule has 20 heavy (non-hydrogen) atoms. The van der Waals surface area contributed by atoms with E-state index in [1.807, 2.05) is 0 Å². The van der Waals surface area contributed by atoms with Gasteiger partial charge in [-0.05, 0) is 37.5 Å². The Morgan fingerprint density at radius 2 is 1.90 bits per heavy atom. The molecule has 0 spiro atoms. The molecule has 0 amide bonds. The monoisotopic (exact) mass is 286 g/mol. The summed E-state index contributed by atoms with van der Waals surface area (Å²) in [6.45, 7) is 3.15. The van der Waals surface area contributed by atoms with E-state index >= 15 is 0 Å². The van der Waals surface area contributed by atoms with Crippen molar-refractivity contribution < 1.29 is 28.2 Å². The molecule has 0 radical (unpaired) electrons. The number of rotatable bonds is 6. The van der Waals surface area contributed by atoms with Crippen LogP contribution in [-0.4, -0.2) is 23.7 Å². The van der Waals surface area contributed by atoms with E-state index in [2.05, 4.69) is 0 Å². The number of hydrogen-bond donors (Lipinski definition) is 1. The van der Waals surface area contributed by atoms with Crippen LogP contribution >= 0.6 is 0 Å². The van der Waals surface area contributed by atoms with Crippen molar-refractivity contribution >= 4 is 11.9 Å². The lowest BCUT2D eigenvalue weighted by molar-refractivity contribution is -0.168. The number of hydrogen-bond acceptors (Lipinski definition) is 3. The van der Waals surface area contributed by atoms with E-state index in [-0.39, 0.29) is 25.0 Å². The maximum atomic E-state index is 13.2. The lowest BCUT2D eigenvalue weighted by atomic mass is 9.79. The zero-order valence-corrected chi connectivity index (χ0v) is 11.3. The fraction of sp³-hybridized carbons (Fsp3) is 0.429. The van der Waals surface area contributed by atoms with Crippen molar-refractivity contribution in [3.8, 4) is 0 Å². The van der Waals surface area contributed by atoms with Crippen LogP contribution in [0.25, 0.3) is 0 Å². The number of carboxylic acids is 1. The van der Waals surface area contributed by atoms with Crippen LogP contribution in [0, 0.1) is 17.0 Å². The van der Waals surface area contributed by atoms with Crippen molar-refractivity contribution in [1.82, 2.24) is 0 Å². The highest BCUT2D eigenvalue weighted by Gasteiger charge is 2.46. The number of halogens is 2. The molecule has 0 aliphatic heterocycles. The van der Waals surface area contributed by atoms with Crippen LogP contribution in [0.2, 0.25) is 0 Å². The molecular weight excluding hydrogens is 270 g/mol. The van der Waals surface area contributed by atoms with E-state index in [1.165, 1.54) is 13.0 Å². The van der Waals surface area contributed by atoms with Gasteiger partial charge in [-0.3, -0.25) is 9.59 Å². The van der Waals surface area contributed by atoms with Gasteiger partial charge in [-0.1, -0.05) is 13.0 Å². The topological polar surface area (TPSA) is 63.6 Å². The number of esters is 1. The molecule has 0 bridgehead atoms. The summed E-state index contributed by atoms with van der Waals surface area (Å²) in [7, 11) is 0. The molecule has 1 unspecified atom stereocenters. The number of benzene rings is 1. The Kier molecular flexibility index (Phi) is 5.19. The third-order valence-electron chi connectivity index (χ3n) is 3.17. The van der Waals surface area contributed by atoms with Crippen LogP contribution in [0.15, 0.2) is 18.2 Å². The molecule has 1 aromatic rings. The van der Waals surface area contributed by atoms with Gasteiger partial charge in [0.1, 0.15) is 0 Å². The molecule has 1 aromatic carbocycles. The largest absolute Gasteiger partial charge is 0.480 e. The van der Waals surface area contributed by atoms with Crippen LogP contribution in [0.4, 0.5) is 8.78 Å². The standard InChI is InChI=1S/C14H16F2O4/c1-3-14(12(17)18,13(19)20-4-2)8-9-5-6-10(15)11(16)7-9/h5-7H,3-4,8H2,1-2H3,(H,17,18). The zero-order valence-electron chi connectivity index (χ0n) is 11.3. The SMILES string of the molecule is CCOC(=O)C(CC)(Cc1ccc(F)c(F)c1)C(=O)O. The Balaban J connectivity index is 3.15. The molecule has 6 heteroatoms. The maximum absolute atomic E-state index is 13.2. The van der Waals surface area contributed by atoms with Gasteiger partial charge in [0.05, 0.1) is 6.61 Å². The van der Waals surface area contributed by atoms with Crippen molar-refractivity contribution in [2.45, 2.75) is 26.7 Å². The van der Waals surface area contributed by atoms with E-state index in [0.29, 0.717) is 0 Å². The second kappa shape index (κ2) is 6.45. The number of carboxylic acid groups (broad SMARTS) is 1. The van der Waals surface area contributed by atoms with Gasteiger partial charge >= 0.3 is 11.9 Å². The highest BCUT2D eigenvalue weighted by Crippen LogP contribution is 2.30. The van der Waals surface area contributed by atoms with Crippen molar-refractivity contribution in [3.05, 3.63) is 35.4 Å². The highest BCUT2D eigenvalue weighted by atomic mass is 19.2. The predicted octanol–water partition coefficient (Wildman–Crippen LogP) is 2.55. The first-order valence-corrected chi connectivity index (χ1v) is 6.22. The molecule has 110 valence electrons. The number of carbonyl (C=O) groups is 2. The summed E-state index contributed by atoms with van der Waals surface area (Å²) in [6.07, 6.45) is -0.269. The first-order valence-electron chi connectivity index (χ1n) is 6.22. The average molecular weight is 286 g/mol. The second-order valence-corrected chi connectivity index (χ2v) is 4.39. The van der Waals surface area contributed by atoms with Crippen molar-refractivity contribution in [2.24, 2.45) is 5.41 Å². The van der Waals surface area contributed by atoms with Crippen molar-refractivity contribution in [2.75, 3.05) is 6.61 Å². The lowest BCUT2D eigenvalue weighted by Gasteiger charge is -2.25. The van der Waals surface area contributed by atoms with Crippen molar-refractivity contribution in [3.63, 3.8) is 0 Å². The Bertz CT molecular complexity index is 516. The Morgan fingerprint density at radius 3 is 2.35 bits per heavy atom. The Labute approximate surface area is 115 Å².